The number of unbranched alkanes of at least 4 members (excludes halogenated alkanes) is 15. The molecule has 0 fully saturated rings. The SMILES string of the molecule is CCCCCCCCCCCCCCCCCCN1c2c(Br)cc(Br)cc2C(C)(C)C12C=Cc1cc(OC)cc([N+](=O)[O-])c1O2. The summed E-state index contributed by atoms with van der Waals surface area (Å²) in [6, 6.07) is 7.48. The Balaban J connectivity index is 1.34. The van der Waals surface area contributed by atoms with Gasteiger partial charge in [0.1, 0.15) is 5.75 Å². The second-order valence-corrected chi connectivity index (χ2v) is 15.1. The van der Waals surface area contributed by atoms with Crippen LogP contribution in [0.1, 0.15) is 135 Å². The van der Waals surface area contributed by atoms with Gasteiger partial charge < -0.3 is 14.4 Å². The topological polar surface area (TPSA) is 64.8 Å². The second kappa shape index (κ2) is 16.7. The number of hydrogen-bond acceptors (Lipinski definition) is 5. The summed E-state index contributed by atoms with van der Waals surface area (Å²) in [5, 5.41) is 12.2. The van der Waals surface area contributed by atoms with Gasteiger partial charge in [-0.05, 0) is 72.1 Å². The first-order chi connectivity index (χ1) is 21.7. The number of rotatable bonds is 19. The predicted octanol–water partition coefficient (Wildman–Crippen LogP) is 12.3. The molecule has 0 amide bonds. The summed E-state index contributed by atoms with van der Waals surface area (Å²) in [4.78, 5) is 14.1. The summed E-state index contributed by atoms with van der Waals surface area (Å²) in [6.07, 6.45) is 25.3. The number of ether oxygens (including phenoxy) is 2. The van der Waals surface area contributed by atoms with Crippen LogP contribution in [-0.2, 0) is 5.41 Å². The Bertz CT molecular complexity index is 1330. The van der Waals surface area contributed by atoms with Crippen LogP contribution in [0.4, 0.5) is 11.4 Å². The standard InChI is InChI=1S/C37H52Br2N2O4/c1-5-6-7-8-9-10-11-12-13-14-15-16-17-18-19-20-23-40-34-31(25-29(38)26-32(34)39)36(2,3)37(40)22-21-28-24-30(44-4)27-33(41(42)43)35(28)45-37/h21-22,24-27H,5-20,23H2,1-4H3. The van der Waals surface area contributed by atoms with Crippen molar-refractivity contribution in [3.05, 3.63) is 60.5 Å². The normalized spacial score (nSPS) is 17.8. The Labute approximate surface area is 287 Å². The molecule has 2 heterocycles. The van der Waals surface area contributed by atoms with Gasteiger partial charge >= 0.3 is 5.69 Å². The minimum atomic E-state index is -0.916. The molecule has 45 heavy (non-hydrogen) atoms. The summed E-state index contributed by atoms with van der Waals surface area (Å²) in [5.74, 6) is 0.728. The van der Waals surface area contributed by atoms with E-state index in [1.165, 1.54) is 103 Å². The highest BCUT2D eigenvalue weighted by atomic mass is 79.9. The van der Waals surface area contributed by atoms with E-state index in [1.807, 2.05) is 6.08 Å². The van der Waals surface area contributed by atoms with Crippen LogP contribution in [0.15, 0.2) is 39.3 Å². The minimum Gasteiger partial charge on any atom is -0.496 e. The van der Waals surface area contributed by atoms with Crippen molar-refractivity contribution in [2.24, 2.45) is 0 Å². The van der Waals surface area contributed by atoms with E-state index in [1.54, 1.807) is 6.07 Å². The van der Waals surface area contributed by atoms with Gasteiger partial charge in [-0.25, -0.2) is 0 Å². The van der Waals surface area contributed by atoms with E-state index < -0.39 is 11.1 Å². The van der Waals surface area contributed by atoms with Crippen molar-refractivity contribution in [2.45, 2.75) is 135 Å². The van der Waals surface area contributed by atoms with Crippen molar-refractivity contribution in [2.75, 3.05) is 18.6 Å². The monoisotopic (exact) mass is 746 g/mol. The molecule has 6 nitrogen and oxygen atoms in total. The van der Waals surface area contributed by atoms with Crippen molar-refractivity contribution in [3.63, 3.8) is 0 Å². The van der Waals surface area contributed by atoms with Gasteiger partial charge in [-0.2, -0.15) is 0 Å². The maximum absolute atomic E-state index is 12.2. The largest absolute Gasteiger partial charge is 0.496 e. The van der Waals surface area contributed by atoms with Crippen molar-refractivity contribution in [3.8, 4) is 11.5 Å². The summed E-state index contributed by atoms with van der Waals surface area (Å²) < 4.78 is 14.2. The first-order valence-electron chi connectivity index (χ1n) is 17.2. The lowest BCUT2D eigenvalue weighted by molar-refractivity contribution is -0.386. The Morgan fingerprint density at radius 2 is 1.40 bits per heavy atom. The molecule has 2 aromatic rings. The van der Waals surface area contributed by atoms with Crippen LogP contribution in [0.3, 0.4) is 0 Å². The Morgan fingerprint density at radius 1 is 0.844 bits per heavy atom. The molecule has 2 aliphatic heterocycles. The Hall–Kier alpha value is -2.06. The molecule has 8 heteroatoms. The average molecular weight is 749 g/mol. The molecule has 0 bridgehead atoms. The smallest absolute Gasteiger partial charge is 0.315 e. The maximum atomic E-state index is 12.2. The summed E-state index contributed by atoms with van der Waals surface area (Å²) in [5.41, 5.74) is 1.40. The van der Waals surface area contributed by atoms with Crippen LogP contribution in [0.25, 0.3) is 6.08 Å². The van der Waals surface area contributed by atoms with Crippen molar-refractivity contribution in [1.29, 1.82) is 0 Å². The fourth-order valence-corrected chi connectivity index (χ4v) is 8.52. The Kier molecular flexibility index (Phi) is 13.3. The van der Waals surface area contributed by atoms with E-state index in [2.05, 4.69) is 75.7 Å². The molecule has 248 valence electrons. The van der Waals surface area contributed by atoms with Crippen LogP contribution >= 0.6 is 31.9 Å². The molecular formula is C37H52Br2N2O4. The van der Waals surface area contributed by atoms with Crippen LogP contribution in [0.5, 0.6) is 11.5 Å². The van der Waals surface area contributed by atoms with Gasteiger partial charge in [0.2, 0.25) is 11.5 Å². The molecule has 0 aliphatic carbocycles. The number of halogens is 2. The number of nitrogens with zero attached hydrogens (tertiary/aromatic N) is 2. The lowest BCUT2D eigenvalue weighted by Crippen LogP contribution is -2.59. The minimum absolute atomic E-state index is 0.0811. The number of anilines is 1. The fraction of sp³-hybridized carbons (Fsp3) is 0.622. The van der Waals surface area contributed by atoms with E-state index in [0.29, 0.717) is 11.3 Å². The van der Waals surface area contributed by atoms with Crippen molar-refractivity contribution >= 4 is 49.3 Å². The highest BCUT2D eigenvalue weighted by molar-refractivity contribution is 9.11. The number of nitro groups is 1. The zero-order valence-electron chi connectivity index (χ0n) is 27.8. The number of methoxy groups -OCH3 is 1. The van der Waals surface area contributed by atoms with E-state index >= 15 is 0 Å². The zero-order chi connectivity index (χ0) is 32.5. The molecule has 0 radical (unpaired) electrons. The highest BCUT2D eigenvalue weighted by Gasteiger charge is 2.60. The maximum Gasteiger partial charge on any atom is 0.315 e. The first kappa shape index (κ1) is 35.8. The fourth-order valence-electron chi connectivity index (χ4n) is 7.08. The van der Waals surface area contributed by atoms with Crippen LogP contribution < -0.4 is 14.4 Å². The number of hydrogen-bond donors (Lipinski definition) is 0. The molecular weight excluding hydrogens is 696 g/mol. The van der Waals surface area contributed by atoms with Gasteiger partial charge in [0, 0.05) is 21.1 Å². The van der Waals surface area contributed by atoms with Gasteiger partial charge in [-0.3, -0.25) is 10.1 Å². The molecule has 0 saturated heterocycles. The molecule has 0 N–H and O–H groups in total. The van der Waals surface area contributed by atoms with Gasteiger partial charge in [-0.1, -0.05) is 119 Å². The molecule has 2 aromatic carbocycles. The zero-order valence-corrected chi connectivity index (χ0v) is 30.9. The molecule has 0 saturated carbocycles. The van der Waals surface area contributed by atoms with Gasteiger partial charge in [-0.15, -0.1) is 0 Å². The summed E-state index contributed by atoms with van der Waals surface area (Å²) in [7, 11) is 1.52. The third-order valence-corrected chi connectivity index (χ3v) is 10.8. The number of fused-ring (bicyclic) bond motifs is 2. The molecule has 0 aromatic heterocycles. The van der Waals surface area contributed by atoms with E-state index in [9.17, 15) is 10.1 Å². The highest BCUT2D eigenvalue weighted by Crippen LogP contribution is 2.58. The van der Waals surface area contributed by atoms with Gasteiger partial charge in [0.05, 0.1) is 29.2 Å². The molecule has 2 aliphatic rings. The quantitative estimate of drug-likeness (QED) is 0.0813. The Morgan fingerprint density at radius 3 is 1.93 bits per heavy atom. The number of nitro benzene ring substituents is 1. The van der Waals surface area contributed by atoms with E-state index in [0.717, 1.165) is 39.6 Å². The molecule has 4 rings (SSSR count). The summed E-state index contributed by atoms with van der Waals surface area (Å²) >= 11 is 7.53. The van der Waals surface area contributed by atoms with E-state index in [-0.39, 0.29) is 16.4 Å². The van der Waals surface area contributed by atoms with Crippen molar-refractivity contribution in [1.82, 2.24) is 0 Å². The number of benzene rings is 2. The molecule has 1 unspecified atom stereocenters. The lowest BCUT2D eigenvalue weighted by Gasteiger charge is -2.47. The van der Waals surface area contributed by atoms with Crippen LogP contribution in [0.2, 0.25) is 0 Å². The second-order valence-electron chi connectivity index (χ2n) is 13.3. The lowest BCUT2D eigenvalue weighted by atomic mass is 9.76. The van der Waals surface area contributed by atoms with Crippen LogP contribution in [-0.4, -0.2) is 24.3 Å². The third-order valence-electron chi connectivity index (χ3n) is 9.75. The first-order valence-corrected chi connectivity index (χ1v) is 18.8. The van der Waals surface area contributed by atoms with Gasteiger partial charge in [0.25, 0.3) is 0 Å². The predicted molar refractivity (Wildman–Crippen MR) is 194 cm³/mol. The molecule has 1 spiro atoms. The van der Waals surface area contributed by atoms with Crippen molar-refractivity contribution < 1.29 is 14.4 Å². The average Bonchev–Trinajstić information content (AvgIpc) is 3.18. The summed E-state index contributed by atoms with van der Waals surface area (Å²) in [6.45, 7) is 7.41. The molecule has 1 atom stereocenters. The third kappa shape index (κ3) is 8.27. The van der Waals surface area contributed by atoms with Crippen LogP contribution in [0, 0.1) is 10.1 Å². The van der Waals surface area contributed by atoms with Gasteiger partial charge in [0.15, 0.2) is 0 Å². The van der Waals surface area contributed by atoms with E-state index in [4.69, 9.17) is 9.47 Å².